The number of benzene rings is 3. The van der Waals surface area contributed by atoms with Crippen LogP contribution in [-0.4, -0.2) is 72.1 Å². The molecule has 0 aliphatic carbocycles. The molecule has 3 aromatic heterocycles. The van der Waals surface area contributed by atoms with Crippen LogP contribution in [0.1, 0.15) is 37.3 Å². The summed E-state index contributed by atoms with van der Waals surface area (Å²) in [6.45, 7) is -0.323. The molecule has 13 nitrogen and oxygen atoms in total. The number of ether oxygens (including phenoxy) is 4. The van der Waals surface area contributed by atoms with Gasteiger partial charge in [0.25, 0.3) is 0 Å². The zero-order valence-corrected chi connectivity index (χ0v) is 24.6. The monoisotopic (exact) mass is 630 g/mol. The van der Waals surface area contributed by atoms with E-state index in [-0.39, 0.29) is 17.7 Å². The van der Waals surface area contributed by atoms with Gasteiger partial charge in [0, 0.05) is 12.4 Å². The Balaban J connectivity index is 1.27. The van der Waals surface area contributed by atoms with Crippen LogP contribution >= 0.6 is 0 Å². The Labute approximate surface area is 267 Å². The van der Waals surface area contributed by atoms with E-state index in [0.29, 0.717) is 22.5 Å². The maximum atomic E-state index is 13.5. The van der Waals surface area contributed by atoms with Crippen molar-refractivity contribution in [3.05, 3.63) is 139 Å². The van der Waals surface area contributed by atoms with Crippen molar-refractivity contribution in [3.63, 3.8) is 0 Å². The molecule has 0 bridgehead atoms. The van der Waals surface area contributed by atoms with Gasteiger partial charge in [-0.1, -0.05) is 54.6 Å². The number of rotatable bonds is 9. The average molecular weight is 631 g/mol. The summed E-state index contributed by atoms with van der Waals surface area (Å²) in [4.78, 5) is 53.1. The van der Waals surface area contributed by atoms with Crippen LogP contribution in [0.3, 0.4) is 0 Å². The topological polar surface area (TPSA) is 150 Å². The zero-order valence-electron chi connectivity index (χ0n) is 24.6. The summed E-state index contributed by atoms with van der Waals surface area (Å²) in [5.41, 5.74) is 1.61. The van der Waals surface area contributed by atoms with E-state index >= 15 is 0 Å². The molecule has 13 heteroatoms. The summed E-state index contributed by atoms with van der Waals surface area (Å²) in [6, 6.07) is 26.9. The van der Waals surface area contributed by atoms with E-state index in [2.05, 4.69) is 20.1 Å². The lowest BCUT2D eigenvalue weighted by Crippen LogP contribution is -2.41. The van der Waals surface area contributed by atoms with Gasteiger partial charge in [0.1, 0.15) is 19.0 Å². The molecule has 47 heavy (non-hydrogen) atoms. The van der Waals surface area contributed by atoms with Gasteiger partial charge in [-0.3, -0.25) is 4.57 Å². The van der Waals surface area contributed by atoms with Crippen LogP contribution in [0, 0.1) is 0 Å². The van der Waals surface area contributed by atoms with Gasteiger partial charge in [0.15, 0.2) is 35.4 Å². The maximum absolute atomic E-state index is 13.5. The van der Waals surface area contributed by atoms with Crippen molar-refractivity contribution in [2.45, 2.75) is 24.5 Å². The highest BCUT2D eigenvalue weighted by Crippen LogP contribution is 2.37. The van der Waals surface area contributed by atoms with E-state index in [4.69, 9.17) is 18.9 Å². The Kier molecular flexibility index (Phi) is 8.18. The number of imidazole rings is 1. The number of carbonyl (C=O) groups excluding carboxylic acids is 3. The molecule has 6 aromatic rings. The highest BCUT2D eigenvalue weighted by atomic mass is 16.7. The molecule has 0 N–H and O–H groups in total. The quantitative estimate of drug-likeness (QED) is 0.167. The Morgan fingerprint density at radius 2 is 1.30 bits per heavy atom. The third-order valence-electron chi connectivity index (χ3n) is 7.51. The van der Waals surface area contributed by atoms with E-state index < -0.39 is 42.4 Å². The molecule has 234 valence electrons. The summed E-state index contributed by atoms with van der Waals surface area (Å²) >= 11 is 0. The molecule has 1 aliphatic rings. The van der Waals surface area contributed by atoms with Crippen molar-refractivity contribution in [3.8, 4) is 5.82 Å². The van der Waals surface area contributed by atoms with E-state index in [1.54, 1.807) is 119 Å². The maximum Gasteiger partial charge on any atom is 0.338 e. The average Bonchev–Trinajstić information content (AvgIpc) is 3.88. The normalized spacial score (nSPS) is 18.9. The molecule has 4 atom stereocenters. The molecule has 1 saturated heterocycles. The molecule has 0 amide bonds. The first kappa shape index (κ1) is 29.5. The molecule has 0 unspecified atom stereocenters. The van der Waals surface area contributed by atoms with Crippen LogP contribution < -0.4 is 0 Å². The molecule has 0 spiro atoms. The first-order valence-electron chi connectivity index (χ1n) is 14.6. The second kappa shape index (κ2) is 13.0. The minimum absolute atomic E-state index is 0.272. The van der Waals surface area contributed by atoms with E-state index in [9.17, 15) is 14.4 Å². The predicted octanol–water partition coefficient (Wildman–Crippen LogP) is 4.22. The Hall–Kier alpha value is -6.21. The fraction of sp³-hybridized carbons (Fsp3) is 0.147. The summed E-state index contributed by atoms with van der Waals surface area (Å²) in [7, 11) is 0. The number of aromatic nitrogens is 6. The highest BCUT2D eigenvalue weighted by molar-refractivity contribution is 5.91. The Bertz CT molecular complexity index is 2000. The molecule has 3 aromatic carbocycles. The standard InChI is InChI=1S/C34H26N6O7/c41-32(22-11-4-1-5-12-22)44-19-25-27(46-33(42)23-13-6-2-7-14-23)28(47-34(43)24-15-8-3-9-16-24)31(45-25)39-21-37-26-29(39)35-20-36-30(26)40-18-10-17-38-40/h1-18,20-21,25,27-28,31H,19H2/t25-,27-,28-,31-/m1/s1. The van der Waals surface area contributed by atoms with Gasteiger partial charge in [0.05, 0.1) is 23.0 Å². The summed E-state index contributed by atoms with van der Waals surface area (Å²) < 4.78 is 27.2. The van der Waals surface area contributed by atoms with E-state index in [0.717, 1.165) is 0 Å². The molecule has 0 radical (unpaired) electrons. The minimum atomic E-state index is -1.23. The van der Waals surface area contributed by atoms with Gasteiger partial charge in [-0.05, 0) is 42.5 Å². The molecular weight excluding hydrogens is 604 g/mol. The number of hydrogen-bond acceptors (Lipinski definition) is 11. The molecule has 1 aliphatic heterocycles. The number of esters is 3. The smallest absolute Gasteiger partial charge is 0.338 e. The zero-order chi connectivity index (χ0) is 32.2. The molecular formula is C34H26N6O7. The highest BCUT2D eigenvalue weighted by Gasteiger charge is 2.52. The second-order valence-electron chi connectivity index (χ2n) is 10.5. The SMILES string of the molecule is O=C(OC[C@H]1O[C@@H](n2cnc3c(-n4cccn4)ncnc32)[C@H](OC(=O)c2ccccc2)[C@@H]1OC(=O)c1ccccc1)c1ccccc1. The van der Waals surface area contributed by atoms with E-state index in [1.165, 1.54) is 12.7 Å². The van der Waals surface area contributed by atoms with Crippen LogP contribution in [0.25, 0.3) is 17.0 Å². The van der Waals surface area contributed by atoms with Gasteiger partial charge in [-0.15, -0.1) is 0 Å². The fourth-order valence-corrected chi connectivity index (χ4v) is 5.27. The molecule has 0 saturated carbocycles. The van der Waals surface area contributed by atoms with Crippen molar-refractivity contribution < 1.29 is 33.3 Å². The Morgan fingerprint density at radius 3 is 1.89 bits per heavy atom. The molecule has 7 rings (SSSR count). The Morgan fingerprint density at radius 1 is 0.702 bits per heavy atom. The minimum Gasteiger partial charge on any atom is -0.459 e. The number of nitrogens with zero attached hydrogens (tertiary/aromatic N) is 6. The van der Waals surface area contributed by atoms with Crippen LogP contribution in [0.15, 0.2) is 122 Å². The van der Waals surface area contributed by atoms with E-state index in [1.807, 2.05) is 0 Å². The first-order valence-corrected chi connectivity index (χ1v) is 14.6. The third-order valence-corrected chi connectivity index (χ3v) is 7.51. The summed E-state index contributed by atoms with van der Waals surface area (Å²) in [6.07, 6.45) is 1.54. The van der Waals surface area contributed by atoms with Crippen molar-refractivity contribution >= 4 is 29.1 Å². The fourth-order valence-electron chi connectivity index (χ4n) is 5.27. The van der Waals surface area contributed by atoms with Crippen molar-refractivity contribution in [2.75, 3.05) is 6.61 Å². The largest absolute Gasteiger partial charge is 0.459 e. The lowest BCUT2D eigenvalue weighted by molar-refractivity contribution is -0.0606. The predicted molar refractivity (Wildman–Crippen MR) is 164 cm³/mol. The van der Waals surface area contributed by atoms with Crippen molar-refractivity contribution in [1.29, 1.82) is 0 Å². The van der Waals surface area contributed by atoms with Crippen molar-refractivity contribution in [2.24, 2.45) is 0 Å². The van der Waals surface area contributed by atoms with Crippen molar-refractivity contribution in [1.82, 2.24) is 29.3 Å². The van der Waals surface area contributed by atoms with Crippen LogP contribution in [0.5, 0.6) is 0 Å². The van der Waals surface area contributed by atoms with Gasteiger partial charge < -0.3 is 18.9 Å². The number of carbonyl (C=O) groups is 3. The third kappa shape index (κ3) is 6.07. The van der Waals surface area contributed by atoms with Crippen LogP contribution in [0.4, 0.5) is 0 Å². The van der Waals surface area contributed by atoms with Crippen LogP contribution in [-0.2, 0) is 18.9 Å². The lowest BCUT2D eigenvalue weighted by atomic mass is 10.1. The lowest BCUT2D eigenvalue weighted by Gasteiger charge is -2.25. The van der Waals surface area contributed by atoms with Gasteiger partial charge in [-0.25, -0.2) is 34.0 Å². The summed E-state index contributed by atoms with van der Waals surface area (Å²) in [5, 5.41) is 4.25. The van der Waals surface area contributed by atoms with Gasteiger partial charge >= 0.3 is 17.9 Å². The second-order valence-corrected chi connectivity index (χ2v) is 10.5. The van der Waals surface area contributed by atoms with Crippen LogP contribution in [0.2, 0.25) is 0 Å². The van der Waals surface area contributed by atoms with Gasteiger partial charge in [0.2, 0.25) is 0 Å². The number of hydrogen-bond donors (Lipinski definition) is 0. The first-order chi connectivity index (χ1) is 23.1. The number of fused-ring (bicyclic) bond motifs is 1. The molecule has 1 fully saturated rings. The summed E-state index contributed by atoms with van der Waals surface area (Å²) in [5.74, 6) is -1.55. The molecule has 4 heterocycles. The van der Waals surface area contributed by atoms with Gasteiger partial charge in [-0.2, -0.15) is 5.10 Å².